The van der Waals surface area contributed by atoms with Crippen molar-refractivity contribution in [2.45, 2.75) is 19.4 Å². The van der Waals surface area contributed by atoms with Crippen LogP contribution in [-0.4, -0.2) is 30.2 Å². The standard InChI is InChI=1S/C13H17ClN2O2S.ClH/c1-2-5-18-12-4-3-9(6-10(12)14)16-13(17)11-7-19-8-15-11;/h3-4,6,11,15H,2,5,7-8H2,1H3,(H,16,17);1H. The second-order valence-electron chi connectivity index (χ2n) is 4.25. The number of nitrogens with one attached hydrogen (secondary N) is 2. The minimum Gasteiger partial charge on any atom is -0.492 e. The smallest absolute Gasteiger partial charge is 0.242 e. The second-order valence-corrected chi connectivity index (χ2v) is 5.69. The molecule has 7 heteroatoms. The normalized spacial score (nSPS) is 17.4. The Balaban J connectivity index is 0.00000200. The summed E-state index contributed by atoms with van der Waals surface area (Å²) in [7, 11) is 0. The first kappa shape index (κ1) is 17.4. The van der Waals surface area contributed by atoms with Gasteiger partial charge in [0, 0.05) is 17.3 Å². The van der Waals surface area contributed by atoms with Crippen LogP contribution in [0.15, 0.2) is 18.2 Å². The van der Waals surface area contributed by atoms with Crippen LogP contribution in [0.4, 0.5) is 5.69 Å². The van der Waals surface area contributed by atoms with Gasteiger partial charge in [-0.15, -0.1) is 24.2 Å². The van der Waals surface area contributed by atoms with Crippen LogP contribution in [-0.2, 0) is 4.79 Å². The molecule has 0 aromatic heterocycles. The number of hydrogen-bond donors (Lipinski definition) is 2. The zero-order valence-corrected chi connectivity index (χ0v) is 13.5. The van der Waals surface area contributed by atoms with Crippen molar-refractivity contribution in [1.82, 2.24) is 5.32 Å². The minimum atomic E-state index is -0.125. The van der Waals surface area contributed by atoms with E-state index in [-0.39, 0.29) is 24.4 Å². The number of hydrogen-bond acceptors (Lipinski definition) is 4. The molecule has 1 aliphatic rings. The summed E-state index contributed by atoms with van der Waals surface area (Å²) >= 11 is 7.83. The predicted octanol–water partition coefficient (Wildman–Crippen LogP) is 3.15. The second kappa shape index (κ2) is 8.62. The maximum absolute atomic E-state index is 11.9. The quantitative estimate of drug-likeness (QED) is 0.867. The number of benzene rings is 1. The molecule has 1 heterocycles. The summed E-state index contributed by atoms with van der Waals surface area (Å²) in [5, 5.41) is 6.49. The number of carbonyl (C=O) groups is 1. The molecule has 1 atom stereocenters. The number of halogens is 2. The molecule has 0 radical (unpaired) electrons. The lowest BCUT2D eigenvalue weighted by atomic mass is 10.2. The van der Waals surface area contributed by atoms with Crippen molar-refractivity contribution in [3.8, 4) is 5.75 Å². The highest BCUT2D eigenvalue weighted by atomic mass is 35.5. The molecular weight excluding hydrogens is 319 g/mol. The molecule has 0 aliphatic carbocycles. The van der Waals surface area contributed by atoms with Gasteiger partial charge in [0.1, 0.15) is 5.75 Å². The fraction of sp³-hybridized carbons (Fsp3) is 0.462. The Kier molecular flexibility index (Phi) is 7.51. The van der Waals surface area contributed by atoms with Gasteiger partial charge in [0.25, 0.3) is 0 Å². The van der Waals surface area contributed by atoms with E-state index in [0.717, 1.165) is 18.1 Å². The summed E-state index contributed by atoms with van der Waals surface area (Å²) in [5.41, 5.74) is 0.692. The van der Waals surface area contributed by atoms with E-state index < -0.39 is 0 Å². The molecule has 1 aliphatic heterocycles. The highest BCUT2D eigenvalue weighted by Crippen LogP contribution is 2.28. The molecule has 112 valence electrons. The Morgan fingerprint density at radius 3 is 3.00 bits per heavy atom. The molecule has 1 saturated heterocycles. The van der Waals surface area contributed by atoms with Crippen molar-refractivity contribution in [1.29, 1.82) is 0 Å². The van der Waals surface area contributed by atoms with Gasteiger partial charge in [0.05, 0.1) is 17.7 Å². The van der Waals surface area contributed by atoms with Crippen LogP contribution in [0.2, 0.25) is 5.02 Å². The fourth-order valence-corrected chi connectivity index (χ4v) is 2.88. The lowest BCUT2D eigenvalue weighted by Gasteiger charge is -2.12. The predicted molar refractivity (Wildman–Crippen MR) is 87.4 cm³/mol. The third-order valence-electron chi connectivity index (χ3n) is 2.69. The lowest BCUT2D eigenvalue weighted by molar-refractivity contribution is -0.117. The van der Waals surface area contributed by atoms with E-state index in [1.54, 1.807) is 30.0 Å². The third kappa shape index (κ3) is 4.74. The molecule has 0 saturated carbocycles. The maximum atomic E-state index is 11.9. The zero-order chi connectivity index (χ0) is 13.7. The van der Waals surface area contributed by atoms with Gasteiger partial charge in [-0.2, -0.15) is 0 Å². The van der Waals surface area contributed by atoms with Crippen LogP contribution in [0, 0.1) is 0 Å². The van der Waals surface area contributed by atoms with E-state index in [1.165, 1.54) is 0 Å². The van der Waals surface area contributed by atoms with Gasteiger partial charge in [-0.3, -0.25) is 10.1 Å². The summed E-state index contributed by atoms with van der Waals surface area (Å²) < 4.78 is 5.49. The van der Waals surface area contributed by atoms with Crippen molar-refractivity contribution >= 4 is 47.4 Å². The van der Waals surface area contributed by atoms with E-state index in [2.05, 4.69) is 10.6 Å². The van der Waals surface area contributed by atoms with Crippen molar-refractivity contribution in [3.63, 3.8) is 0 Å². The van der Waals surface area contributed by atoms with Gasteiger partial charge in [0.15, 0.2) is 0 Å². The van der Waals surface area contributed by atoms with Crippen molar-refractivity contribution in [3.05, 3.63) is 23.2 Å². The van der Waals surface area contributed by atoms with Gasteiger partial charge in [0.2, 0.25) is 5.91 Å². The Morgan fingerprint density at radius 2 is 2.40 bits per heavy atom. The molecule has 1 fully saturated rings. The Hall–Kier alpha value is -0.620. The Labute approximate surface area is 134 Å². The molecule has 1 aromatic carbocycles. The number of carbonyl (C=O) groups excluding carboxylic acids is 1. The van der Waals surface area contributed by atoms with Crippen molar-refractivity contribution in [2.24, 2.45) is 0 Å². The van der Waals surface area contributed by atoms with Gasteiger partial charge in [-0.25, -0.2) is 0 Å². The Bertz CT molecular complexity index is 454. The van der Waals surface area contributed by atoms with E-state index in [4.69, 9.17) is 16.3 Å². The highest BCUT2D eigenvalue weighted by Gasteiger charge is 2.22. The summed E-state index contributed by atoms with van der Waals surface area (Å²) in [6.07, 6.45) is 0.930. The first-order valence-electron chi connectivity index (χ1n) is 6.25. The summed E-state index contributed by atoms with van der Waals surface area (Å²) in [4.78, 5) is 11.9. The number of anilines is 1. The molecule has 20 heavy (non-hydrogen) atoms. The van der Waals surface area contributed by atoms with E-state index in [9.17, 15) is 4.79 Å². The van der Waals surface area contributed by atoms with Crippen molar-refractivity contribution < 1.29 is 9.53 Å². The molecule has 1 amide bonds. The SMILES string of the molecule is CCCOc1ccc(NC(=O)C2CSCN2)cc1Cl.Cl. The molecule has 2 rings (SSSR count). The highest BCUT2D eigenvalue weighted by molar-refractivity contribution is 7.99. The minimum absolute atomic E-state index is 0. The van der Waals surface area contributed by atoms with Crippen molar-refractivity contribution in [2.75, 3.05) is 23.6 Å². The number of thioether (sulfide) groups is 1. The number of amides is 1. The topological polar surface area (TPSA) is 50.4 Å². The largest absolute Gasteiger partial charge is 0.492 e. The summed E-state index contributed by atoms with van der Waals surface area (Å²) in [6.45, 7) is 2.67. The van der Waals surface area contributed by atoms with Gasteiger partial charge >= 0.3 is 0 Å². The lowest BCUT2D eigenvalue weighted by Crippen LogP contribution is -2.37. The first-order chi connectivity index (χ1) is 9.20. The van der Waals surface area contributed by atoms with Crippen LogP contribution in [0.3, 0.4) is 0 Å². The third-order valence-corrected chi connectivity index (χ3v) is 3.93. The molecule has 1 unspecified atom stereocenters. The maximum Gasteiger partial charge on any atom is 0.242 e. The average molecular weight is 337 g/mol. The van der Waals surface area contributed by atoms with Crippen LogP contribution >= 0.6 is 35.8 Å². The first-order valence-corrected chi connectivity index (χ1v) is 7.78. The number of ether oxygens (including phenoxy) is 1. The van der Waals surface area contributed by atoms with Gasteiger partial charge in [-0.1, -0.05) is 18.5 Å². The van der Waals surface area contributed by atoms with Crippen LogP contribution in [0.1, 0.15) is 13.3 Å². The zero-order valence-electron chi connectivity index (χ0n) is 11.1. The molecule has 0 bridgehead atoms. The van der Waals surface area contributed by atoms with E-state index in [0.29, 0.717) is 23.1 Å². The van der Waals surface area contributed by atoms with Gasteiger partial charge in [-0.05, 0) is 24.6 Å². The number of rotatable bonds is 5. The van der Waals surface area contributed by atoms with Crippen LogP contribution in [0.5, 0.6) is 5.75 Å². The molecule has 1 aromatic rings. The molecule has 4 nitrogen and oxygen atoms in total. The average Bonchev–Trinajstić information content (AvgIpc) is 2.92. The van der Waals surface area contributed by atoms with Crippen LogP contribution in [0.25, 0.3) is 0 Å². The fourth-order valence-electron chi connectivity index (χ4n) is 1.70. The van der Waals surface area contributed by atoms with E-state index in [1.807, 2.05) is 6.92 Å². The Morgan fingerprint density at radius 1 is 1.60 bits per heavy atom. The van der Waals surface area contributed by atoms with Gasteiger partial charge < -0.3 is 10.1 Å². The molecule has 2 N–H and O–H groups in total. The summed E-state index contributed by atoms with van der Waals surface area (Å²) in [6, 6.07) is 5.17. The summed E-state index contributed by atoms with van der Waals surface area (Å²) in [5.74, 6) is 2.25. The van der Waals surface area contributed by atoms with E-state index >= 15 is 0 Å². The molecule has 0 spiro atoms. The monoisotopic (exact) mass is 336 g/mol. The molecular formula is C13H18Cl2N2O2S. The van der Waals surface area contributed by atoms with Crippen LogP contribution < -0.4 is 15.4 Å².